The zero-order valence-electron chi connectivity index (χ0n) is 17.0. The molecule has 1 aliphatic rings. The third kappa shape index (κ3) is 4.43. The Morgan fingerprint density at radius 3 is 2.27 bits per heavy atom. The maximum absolute atomic E-state index is 13.5. The second-order valence-electron chi connectivity index (χ2n) is 7.64. The Morgan fingerprint density at radius 1 is 0.833 bits per heavy atom. The van der Waals surface area contributed by atoms with Crippen molar-refractivity contribution in [2.75, 3.05) is 13.1 Å². The standard InChI is InChI=1S/C26H26N2O2/c29-25(21-13-5-2-6-14-21)27-19-22-15-9-10-18-28(22)26(30)24-17-8-7-16-23(24)20-11-3-1-4-12-20/h1-8,11-14,16-17,22H,9-10,15,18-19H2,(H,27,29). The topological polar surface area (TPSA) is 49.4 Å². The van der Waals surface area contributed by atoms with E-state index in [4.69, 9.17) is 0 Å². The zero-order chi connectivity index (χ0) is 20.8. The average molecular weight is 399 g/mol. The Balaban J connectivity index is 1.52. The number of carbonyl (C=O) groups is 2. The van der Waals surface area contributed by atoms with Gasteiger partial charge in [-0.1, -0.05) is 66.7 Å². The number of nitrogens with zero attached hydrogens (tertiary/aromatic N) is 1. The highest BCUT2D eigenvalue weighted by atomic mass is 16.2. The fraction of sp³-hybridized carbons (Fsp3) is 0.231. The van der Waals surface area contributed by atoms with E-state index in [1.165, 1.54) is 0 Å². The molecule has 0 spiro atoms. The van der Waals surface area contributed by atoms with Crippen molar-refractivity contribution in [3.05, 3.63) is 96.1 Å². The molecule has 0 aromatic heterocycles. The van der Waals surface area contributed by atoms with E-state index in [9.17, 15) is 9.59 Å². The Labute approximate surface area is 177 Å². The van der Waals surface area contributed by atoms with Crippen molar-refractivity contribution in [2.24, 2.45) is 0 Å². The summed E-state index contributed by atoms with van der Waals surface area (Å²) in [6.07, 6.45) is 2.95. The molecule has 0 aliphatic carbocycles. The molecule has 30 heavy (non-hydrogen) atoms. The van der Waals surface area contributed by atoms with Crippen LogP contribution in [0.25, 0.3) is 11.1 Å². The van der Waals surface area contributed by atoms with Gasteiger partial charge in [-0.3, -0.25) is 9.59 Å². The normalized spacial score (nSPS) is 16.1. The molecule has 1 atom stereocenters. The van der Waals surface area contributed by atoms with Crippen LogP contribution in [0, 0.1) is 0 Å². The second kappa shape index (κ2) is 9.40. The van der Waals surface area contributed by atoms with Crippen LogP contribution in [-0.2, 0) is 0 Å². The summed E-state index contributed by atoms with van der Waals surface area (Å²) >= 11 is 0. The Hall–Kier alpha value is -3.40. The number of nitrogens with one attached hydrogen (secondary N) is 1. The quantitative estimate of drug-likeness (QED) is 0.672. The Morgan fingerprint density at radius 2 is 1.50 bits per heavy atom. The van der Waals surface area contributed by atoms with E-state index in [1.807, 2.05) is 77.7 Å². The van der Waals surface area contributed by atoms with E-state index in [-0.39, 0.29) is 17.9 Å². The summed E-state index contributed by atoms with van der Waals surface area (Å²) < 4.78 is 0. The number of benzene rings is 3. The maximum Gasteiger partial charge on any atom is 0.254 e. The third-order valence-corrected chi connectivity index (χ3v) is 5.66. The largest absolute Gasteiger partial charge is 0.350 e. The Kier molecular flexibility index (Phi) is 6.23. The zero-order valence-corrected chi connectivity index (χ0v) is 17.0. The molecule has 1 saturated heterocycles. The summed E-state index contributed by atoms with van der Waals surface area (Å²) in [5.74, 6) is -0.0635. The maximum atomic E-state index is 13.5. The lowest BCUT2D eigenvalue weighted by molar-refractivity contribution is 0.0603. The van der Waals surface area contributed by atoms with E-state index in [1.54, 1.807) is 12.1 Å². The van der Waals surface area contributed by atoms with Gasteiger partial charge < -0.3 is 10.2 Å². The predicted octanol–water partition coefficient (Wildman–Crippen LogP) is 4.78. The van der Waals surface area contributed by atoms with Crippen molar-refractivity contribution >= 4 is 11.8 Å². The van der Waals surface area contributed by atoms with E-state index in [0.717, 1.165) is 30.4 Å². The van der Waals surface area contributed by atoms with Gasteiger partial charge in [0.15, 0.2) is 0 Å². The van der Waals surface area contributed by atoms with Crippen LogP contribution >= 0.6 is 0 Å². The van der Waals surface area contributed by atoms with Gasteiger partial charge >= 0.3 is 0 Å². The summed E-state index contributed by atoms with van der Waals surface area (Å²) in [6.45, 7) is 1.18. The van der Waals surface area contributed by atoms with Crippen LogP contribution in [0.3, 0.4) is 0 Å². The van der Waals surface area contributed by atoms with Crippen LogP contribution < -0.4 is 5.32 Å². The summed E-state index contributed by atoms with van der Waals surface area (Å²) in [5, 5.41) is 3.02. The summed E-state index contributed by atoms with van der Waals surface area (Å²) in [4.78, 5) is 27.9. The molecule has 3 aromatic carbocycles. The lowest BCUT2D eigenvalue weighted by atomic mass is 9.96. The molecule has 152 valence electrons. The first-order chi connectivity index (χ1) is 14.7. The number of hydrogen-bond donors (Lipinski definition) is 1. The summed E-state index contributed by atoms with van der Waals surface area (Å²) in [6, 6.07) is 27.0. The Bertz CT molecular complexity index is 1000. The number of amides is 2. The molecule has 0 bridgehead atoms. The van der Waals surface area contributed by atoms with Crippen molar-refractivity contribution in [1.29, 1.82) is 0 Å². The molecule has 1 fully saturated rings. The van der Waals surface area contributed by atoms with Crippen LogP contribution in [0.2, 0.25) is 0 Å². The number of likely N-dealkylation sites (tertiary alicyclic amines) is 1. The average Bonchev–Trinajstić information content (AvgIpc) is 2.83. The van der Waals surface area contributed by atoms with Crippen LogP contribution in [0.4, 0.5) is 0 Å². The number of carbonyl (C=O) groups excluding carboxylic acids is 2. The lowest BCUT2D eigenvalue weighted by Crippen LogP contribution is -2.49. The summed E-state index contributed by atoms with van der Waals surface area (Å²) in [7, 11) is 0. The summed E-state index contributed by atoms with van der Waals surface area (Å²) in [5.41, 5.74) is 3.33. The third-order valence-electron chi connectivity index (χ3n) is 5.66. The van der Waals surface area contributed by atoms with Crippen molar-refractivity contribution < 1.29 is 9.59 Å². The predicted molar refractivity (Wildman–Crippen MR) is 119 cm³/mol. The molecule has 1 heterocycles. The van der Waals surface area contributed by atoms with Gasteiger partial charge in [-0.25, -0.2) is 0 Å². The van der Waals surface area contributed by atoms with Gasteiger partial charge in [0.1, 0.15) is 0 Å². The van der Waals surface area contributed by atoms with Crippen LogP contribution in [0.15, 0.2) is 84.9 Å². The van der Waals surface area contributed by atoms with Gasteiger partial charge in [0.25, 0.3) is 11.8 Å². The molecular formula is C26H26N2O2. The van der Waals surface area contributed by atoms with Gasteiger partial charge in [0.05, 0.1) is 0 Å². The van der Waals surface area contributed by atoms with Gasteiger partial charge in [-0.15, -0.1) is 0 Å². The molecule has 0 radical (unpaired) electrons. The first-order valence-corrected chi connectivity index (χ1v) is 10.5. The van der Waals surface area contributed by atoms with Crippen molar-refractivity contribution in [3.8, 4) is 11.1 Å². The van der Waals surface area contributed by atoms with E-state index in [2.05, 4.69) is 5.32 Å². The van der Waals surface area contributed by atoms with Crippen molar-refractivity contribution in [3.63, 3.8) is 0 Å². The molecule has 3 aromatic rings. The van der Waals surface area contributed by atoms with Crippen molar-refractivity contribution in [2.45, 2.75) is 25.3 Å². The van der Waals surface area contributed by atoms with E-state index < -0.39 is 0 Å². The molecule has 0 saturated carbocycles. The molecule has 4 rings (SSSR count). The fourth-order valence-corrected chi connectivity index (χ4v) is 4.08. The minimum Gasteiger partial charge on any atom is -0.350 e. The van der Waals surface area contributed by atoms with Crippen LogP contribution in [0.5, 0.6) is 0 Å². The van der Waals surface area contributed by atoms with Crippen LogP contribution in [0.1, 0.15) is 40.0 Å². The van der Waals surface area contributed by atoms with Crippen molar-refractivity contribution in [1.82, 2.24) is 10.2 Å². The fourth-order valence-electron chi connectivity index (χ4n) is 4.08. The number of hydrogen-bond acceptors (Lipinski definition) is 2. The minimum atomic E-state index is -0.0988. The molecule has 4 nitrogen and oxygen atoms in total. The molecule has 1 N–H and O–H groups in total. The first kappa shape index (κ1) is 19.9. The van der Waals surface area contributed by atoms with Gasteiger partial charge in [-0.2, -0.15) is 0 Å². The first-order valence-electron chi connectivity index (χ1n) is 10.5. The smallest absolute Gasteiger partial charge is 0.254 e. The minimum absolute atomic E-state index is 0.00254. The number of piperidine rings is 1. The number of rotatable bonds is 5. The molecule has 1 unspecified atom stereocenters. The molecule has 1 aliphatic heterocycles. The SMILES string of the molecule is O=C(NCC1CCCCN1C(=O)c1ccccc1-c1ccccc1)c1ccccc1. The van der Waals surface area contributed by atoms with Crippen LogP contribution in [-0.4, -0.2) is 35.8 Å². The monoisotopic (exact) mass is 398 g/mol. The molecule has 4 heteroatoms. The highest BCUT2D eigenvalue weighted by Gasteiger charge is 2.29. The highest BCUT2D eigenvalue weighted by molar-refractivity contribution is 6.01. The highest BCUT2D eigenvalue weighted by Crippen LogP contribution is 2.27. The molecule has 2 amide bonds. The second-order valence-corrected chi connectivity index (χ2v) is 7.64. The van der Waals surface area contributed by atoms with Gasteiger partial charge in [0, 0.05) is 30.3 Å². The van der Waals surface area contributed by atoms with Gasteiger partial charge in [-0.05, 0) is 48.6 Å². The van der Waals surface area contributed by atoms with Gasteiger partial charge in [0.2, 0.25) is 0 Å². The lowest BCUT2D eigenvalue weighted by Gasteiger charge is -2.36. The van der Waals surface area contributed by atoms with E-state index >= 15 is 0 Å². The van der Waals surface area contributed by atoms with E-state index in [0.29, 0.717) is 24.2 Å². The molecular weight excluding hydrogens is 372 g/mol.